The van der Waals surface area contributed by atoms with Crippen molar-refractivity contribution in [2.45, 2.75) is 18.2 Å². The Bertz CT molecular complexity index is 811. The third-order valence-electron chi connectivity index (χ3n) is 3.16. The summed E-state index contributed by atoms with van der Waals surface area (Å²) in [7, 11) is 0. The van der Waals surface area contributed by atoms with Crippen molar-refractivity contribution in [3.05, 3.63) is 68.7 Å². The summed E-state index contributed by atoms with van der Waals surface area (Å²) in [5, 5.41) is 15.2. The van der Waals surface area contributed by atoms with Crippen LogP contribution in [0.2, 0.25) is 5.02 Å². The summed E-state index contributed by atoms with van der Waals surface area (Å²) in [6.45, 7) is 2.03. The lowest BCUT2D eigenvalue weighted by molar-refractivity contribution is -0.384. The van der Waals surface area contributed by atoms with Crippen molar-refractivity contribution in [2.75, 3.05) is 5.75 Å². The monoisotopic (exact) mass is 377 g/mol. The number of non-ortho nitro benzene ring substituents is 1. The second-order valence-corrected chi connectivity index (χ2v) is 6.75. The quantitative estimate of drug-likeness (QED) is 0.341. The van der Waals surface area contributed by atoms with Gasteiger partial charge in [-0.25, -0.2) is 5.43 Å². The van der Waals surface area contributed by atoms with E-state index in [0.717, 1.165) is 16.2 Å². The number of nitrogens with one attached hydrogen (secondary N) is 1. The number of amides is 1. The summed E-state index contributed by atoms with van der Waals surface area (Å²) in [4.78, 5) is 23.3. The molecule has 130 valence electrons. The average molecular weight is 378 g/mol. The first-order valence-electron chi connectivity index (χ1n) is 7.47. The van der Waals surface area contributed by atoms with E-state index in [1.54, 1.807) is 36.0 Å². The highest BCUT2D eigenvalue weighted by atomic mass is 35.5. The Morgan fingerprint density at radius 3 is 2.88 bits per heavy atom. The van der Waals surface area contributed by atoms with Crippen LogP contribution in [-0.2, 0) is 11.2 Å². The van der Waals surface area contributed by atoms with Crippen LogP contribution in [0.25, 0.3) is 0 Å². The lowest BCUT2D eigenvalue weighted by Gasteiger charge is -2.08. The maximum atomic E-state index is 12.1. The van der Waals surface area contributed by atoms with Crippen LogP contribution in [-0.4, -0.2) is 22.8 Å². The Kier molecular flexibility index (Phi) is 6.97. The first kappa shape index (κ1) is 19.0. The van der Waals surface area contributed by atoms with Gasteiger partial charge >= 0.3 is 0 Å². The van der Waals surface area contributed by atoms with E-state index in [9.17, 15) is 14.9 Å². The molecule has 0 saturated carbocycles. The molecule has 8 heteroatoms. The molecule has 0 aliphatic heterocycles. The van der Waals surface area contributed by atoms with Gasteiger partial charge in [-0.3, -0.25) is 14.9 Å². The van der Waals surface area contributed by atoms with Crippen molar-refractivity contribution in [3.63, 3.8) is 0 Å². The lowest BCUT2D eigenvalue weighted by Crippen LogP contribution is -2.20. The molecule has 2 rings (SSSR count). The molecule has 0 saturated heterocycles. The minimum atomic E-state index is -0.484. The maximum absolute atomic E-state index is 12.1. The summed E-state index contributed by atoms with van der Waals surface area (Å²) in [5.74, 6) is 0.600. The number of nitro benzene ring substituents is 1. The SMILES string of the molecule is CCSc1ccc(Cl)cc1CC(=O)N/N=C\c1cccc([N+](=O)[O-])c1. The number of rotatable bonds is 7. The zero-order valence-electron chi connectivity index (χ0n) is 13.4. The van der Waals surface area contributed by atoms with Gasteiger partial charge in [0.25, 0.3) is 5.69 Å². The second kappa shape index (κ2) is 9.19. The summed E-state index contributed by atoms with van der Waals surface area (Å²) in [6, 6.07) is 11.4. The van der Waals surface area contributed by atoms with E-state index < -0.39 is 4.92 Å². The van der Waals surface area contributed by atoms with Crippen LogP contribution in [0.3, 0.4) is 0 Å². The fraction of sp³-hybridized carbons (Fsp3) is 0.176. The summed E-state index contributed by atoms with van der Waals surface area (Å²) in [5.41, 5.74) is 3.76. The zero-order chi connectivity index (χ0) is 18.2. The van der Waals surface area contributed by atoms with Gasteiger partial charge in [0.1, 0.15) is 0 Å². The molecule has 1 amide bonds. The van der Waals surface area contributed by atoms with Crippen molar-refractivity contribution in [2.24, 2.45) is 5.10 Å². The van der Waals surface area contributed by atoms with E-state index in [0.29, 0.717) is 10.6 Å². The van der Waals surface area contributed by atoms with Crippen molar-refractivity contribution in [3.8, 4) is 0 Å². The highest BCUT2D eigenvalue weighted by molar-refractivity contribution is 7.99. The molecule has 0 aliphatic carbocycles. The number of halogens is 1. The number of benzene rings is 2. The van der Waals surface area contributed by atoms with E-state index in [2.05, 4.69) is 10.5 Å². The van der Waals surface area contributed by atoms with Crippen LogP contribution in [0.4, 0.5) is 5.69 Å². The van der Waals surface area contributed by atoms with E-state index in [1.807, 2.05) is 13.0 Å². The molecular weight excluding hydrogens is 362 g/mol. The van der Waals surface area contributed by atoms with Crippen LogP contribution in [0.1, 0.15) is 18.1 Å². The van der Waals surface area contributed by atoms with Crippen molar-refractivity contribution in [1.29, 1.82) is 0 Å². The van der Waals surface area contributed by atoms with Gasteiger partial charge in [-0.1, -0.05) is 30.7 Å². The topological polar surface area (TPSA) is 84.6 Å². The molecule has 2 aromatic rings. The molecule has 1 N–H and O–H groups in total. The highest BCUT2D eigenvalue weighted by Gasteiger charge is 2.09. The Morgan fingerprint density at radius 2 is 2.16 bits per heavy atom. The number of hydrogen-bond donors (Lipinski definition) is 1. The molecule has 0 fully saturated rings. The number of hydrogen-bond acceptors (Lipinski definition) is 5. The van der Waals surface area contributed by atoms with Crippen molar-refractivity contribution in [1.82, 2.24) is 5.43 Å². The third kappa shape index (κ3) is 5.88. The van der Waals surface area contributed by atoms with Gasteiger partial charge in [0, 0.05) is 27.6 Å². The molecule has 0 atom stereocenters. The molecule has 0 radical (unpaired) electrons. The number of thioether (sulfide) groups is 1. The van der Waals surface area contributed by atoms with Gasteiger partial charge < -0.3 is 0 Å². The third-order valence-corrected chi connectivity index (χ3v) is 4.39. The first-order chi connectivity index (χ1) is 12.0. The van der Waals surface area contributed by atoms with E-state index in [-0.39, 0.29) is 18.0 Å². The number of carbonyl (C=O) groups is 1. The molecule has 0 spiro atoms. The van der Waals surface area contributed by atoms with Gasteiger partial charge in [-0.2, -0.15) is 5.10 Å². The number of carbonyl (C=O) groups excluding carboxylic acids is 1. The number of nitro groups is 1. The second-order valence-electron chi connectivity index (χ2n) is 5.01. The summed E-state index contributed by atoms with van der Waals surface area (Å²) >= 11 is 7.64. The molecule has 25 heavy (non-hydrogen) atoms. The molecular formula is C17H16ClN3O3S. The fourth-order valence-electron chi connectivity index (χ4n) is 2.09. The van der Waals surface area contributed by atoms with Gasteiger partial charge in [-0.05, 0) is 29.5 Å². The molecule has 0 aromatic heterocycles. The van der Waals surface area contributed by atoms with Crippen LogP contribution in [0.5, 0.6) is 0 Å². The molecule has 0 bridgehead atoms. The lowest BCUT2D eigenvalue weighted by atomic mass is 10.1. The summed E-state index contributed by atoms with van der Waals surface area (Å²) in [6.07, 6.45) is 1.51. The van der Waals surface area contributed by atoms with Gasteiger partial charge in [0.2, 0.25) is 5.91 Å². The molecule has 0 unspecified atom stereocenters. The van der Waals surface area contributed by atoms with Crippen LogP contribution in [0, 0.1) is 10.1 Å². The average Bonchev–Trinajstić information content (AvgIpc) is 2.57. The number of hydrazone groups is 1. The van der Waals surface area contributed by atoms with Crippen molar-refractivity contribution >= 4 is 41.2 Å². The molecule has 0 aliphatic rings. The standard InChI is InChI=1S/C17H16ClN3O3S/c1-2-25-16-7-6-14(18)9-13(16)10-17(22)20-19-11-12-4-3-5-15(8-12)21(23)24/h3-9,11H,2,10H2,1H3,(H,20,22)/b19-11-. The van der Waals surface area contributed by atoms with Crippen LogP contribution >= 0.6 is 23.4 Å². The van der Waals surface area contributed by atoms with Gasteiger partial charge in [0.15, 0.2) is 0 Å². The normalized spacial score (nSPS) is 10.8. The molecule has 2 aromatic carbocycles. The Balaban J connectivity index is 2.00. The minimum Gasteiger partial charge on any atom is -0.273 e. The van der Waals surface area contributed by atoms with E-state index in [4.69, 9.17) is 11.6 Å². The maximum Gasteiger partial charge on any atom is 0.270 e. The zero-order valence-corrected chi connectivity index (χ0v) is 15.0. The van der Waals surface area contributed by atoms with Crippen LogP contribution < -0.4 is 5.43 Å². The summed E-state index contributed by atoms with van der Waals surface area (Å²) < 4.78 is 0. The van der Waals surface area contributed by atoms with Crippen LogP contribution in [0.15, 0.2) is 52.5 Å². The Hall–Kier alpha value is -2.38. The molecule has 6 nitrogen and oxygen atoms in total. The smallest absolute Gasteiger partial charge is 0.270 e. The first-order valence-corrected chi connectivity index (χ1v) is 8.83. The van der Waals surface area contributed by atoms with Crippen molar-refractivity contribution < 1.29 is 9.72 Å². The predicted octanol–water partition coefficient (Wildman–Crippen LogP) is 4.05. The predicted molar refractivity (Wildman–Crippen MR) is 100 cm³/mol. The molecule has 0 heterocycles. The highest BCUT2D eigenvalue weighted by Crippen LogP contribution is 2.26. The number of nitrogens with zero attached hydrogens (tertiary/aromatic N) is 2. The van der Waals surface area contributed by atoms with E-state index in [1.165, 1.54) is 18.3 Å². The Labute approximate surface area is 154 Å². The largest absolute Gasteiger partial charge is 0.273 e. The van der Waals surface area contributed by atoms with Gasteiger partial charge in [0.05, 0.1) is 17.6 Å². The minimum absolute atomic E-state index is 0.0320. The van der Waals surface area contributed by atoms with E-state index >= 15 is 0 Å². The van der Waals surface area contributed by atoms with Gasteiger partial charge in [-0.15, -0.1) is 11.8 Å². The fourth-order valence-corrected chi connectivity index (χ4v) is 3.08. The Morgan fingerprint density at radius 1 is 1.36 bits per heavy atom.